The molecule has 5 nitrogen and oxygen atoms in total. The average Bonchev–Trinajstić information content (AvgIpc) is 3.37. The molecule has 0 aliphatic carbocycles. The van der Waals surface area contributed by atoms with Crippen molar-refractivity contribution in [3.63, 3.8) is 0 Å². The molecule has 0 amide bonds. The van der Waals surface area contributed by atoms with Crippen LogP contribution in [0.2, 0.25) is 0 Å². The fourth-order valence-corrected chi connectivity index (χ4v) is 6.27. The molecule has 1 fully saturated rings. The average molecular weight is 355 g/mol. The van der Waals surface area contributed by atoms with Gasteiger partial charge in [0.25, 0.3) is 0 Å². The number of sulfone groups is 1. The van der Waals surface area contributed by atoms with Crippen LogP contribution in [0.3, 0.4) is 0 Å². The highest BCUT2D eigenvalue weighted by molar-refractivity contribution is 7.92. The van der Waals surface area contributed by atoms with E-state index in [9.17, 15) is 8.42 Å². The summed E-state index contributed by atoms with van der Waals surface area (Å²) in [6.07, 6.45) is 3.27. The van der Waals surface area contributed by atoms with Gasteiger partial charge in [-0.25, -0.2) is 8.42 Å². The van der Waals surface area contributed by atoms with Gasteiger partial charge in [-0.15, -0.1) is 0 Å². The predicted octanol–water partition coefficient (Wildman–Crippen LogP) is 3.29. The zero-order valence-corrected chi connectivity index (χ0v) is 14.3. The number of hydrogen-bond donors (Lipinski definition) is 0. The second-order valence-electron chi connectivity index (χ2n) is 6.69. The lowest BCUT2D eigenvalue weighted by atomic mass is 9.96. The first kappa shape index (κ1) is 15.0. The van der Waals surface area contributed by atoms with E-state index in [-0.39, 0.29) is 11.2 Å². The molecule has 2 atom stereocenters. The monoisotopic (exact) mass is 355 g/mol. The van der Waals surface area contributed by atoms with Crippen molar-refractivity contribution in [1.29, 1.82) is 0 Å². The topological polar surface area (TPSA) is 63.7 Å². The molecule has 4 heterocycles. The highest BCUT2D eigenvalue weighted by atomic mass is 32.2. The van der Waals surface area contributed by atoms with Gasteiger partial charge in [0.05, 0.1) is 29.2 Å². The molecule has 1 aromatic carbocycles. The Kier molecular flexibility index (Phi) is 3.20. The Bertz CT molecular complexity index is 1010. The van der Waals surface area contributed by atoms with E-state index in [0.29, 0.717) is 18.0 Å². The van der Waals surface area contributed by atoms with Crippen LogP contribution in [0, 0.1) is 0 Å². The molecule has 25 heavy (non-hydrogen) atoms. The molecule has 6 heteroatoms. The van der Waals surface area contributed by atoms with Crippen LogP contribution in [-0.2, 0) is 16.4 Å². The van der Waals surface area contributed by atoms with Crippen molar-refractivity contribution in [2.24, 2.45) is 0 Å². The van der Waals surface area contributed by atoms with Gasteiger partial charge >= 0.3 is 0 Å². The SMILES string of the molecule is O=S1(=O)c2ccc(-c3ccco3)cc2[C@H]2CN(Cc3ccco3)C[C@@H]21. The second kappa shape index (κ2) is 5.34. The standard InChI is InChI=1S/C19H17NO4S/c21-25(22)18-6-5-13(17-4-2-8-24-17)9-15(18)16-11-20(12-19(16)25)10-14-3-1-7-23-14/h1-9,16,19H,10-12H2/t16-,19+/m1/s1. The molecule has 0 radical (unpaired) electrons. The minimum absolute atomic E-state index is 0.00451. The summed E-state index contributed by atoms with van der Waals surface area (Å²) in [7, 11) is -3.28. The highest BCUT2D eigenvalue weighted by Crippen LogP contribution is 2.46. The van der Waals surface area contributed by atoms with Crippen LogP contribution in [0.5, 0.6) is 0 Å². The van der Waals surface area contributed by atoms with Crippen molar-refractivity contribution < 1.29 is 17.3 Å². The summed E-state index contributed by atoms with van der Waals surface area (Å²) in [4.78, 5) is 2.64. The first-order chi connectivity index (χ1) is 12.1. The fourth-order valence-electron chi connectivity index (χ4n) is 4.07. The lowest BCUT2D eigenvalue weighted by Gasteiger charge is -2.15. The van der Waals surface area contributed by atoms with Gasteiger partial charge in [0.15, 0.2) is 9.84 Å². The van der Waals surface area contributed by atoms with E-state index in [4.69, 9.17) is 8.83 Å². The summed E-state index contributed by atoms with van der Waals surface area (Å²) < 4.78 is 36.7. The molecule has 3 aromatic rings. The quantitative estimate of drug-likeness (QED) is 0.721. The van der Waals surface area contributed by atoms with Gasteiger partial charge in [0.2, 0.25) is 0 Å². The van der Waals surface area contributed by atoms with Gasteiger partial charge in [-0.1, -0.05) is 0 Å². The van der Waals surface area contributed by atoms with Crippen LogP contribution in [-0.4, -0.2) is 31.7 Å². The Balaban J connectivity index is 1.51. The normalized spacial score (nSPS) is 24.3. The second-order valence-corrected chi connectivity index (χ2v) is 8.83. The zero-order valence-electron chi connectivity index (χ0n) is 13.5. The fraction of sp³-hybridized carbons (Fsp3) is 0.263. The summed E-state index contributed by atoms with van der Waals surface area (Å²) >= 11 is 0. The van der Waals surface area contributed by atoms with Crippen molar-refractivity contribution in [2.75, 3.05) is 13.1 Å². The van der Waals surface area contributed by atoms with Crippen LogP contribution in [0.25, 0.3) is 11.3 Å². The first-order valence-electron chi connectivity index (χ1n) is 8.29. The highest BCUT2D eigenvalue weighted by Gasteiger charge is 2.50. The molecule has 1 saturated heterocycles. The first-order valence-corrected chi connectivity index (χ1v) is 9.84. The molecule has 2 aromatic heterocycles. The van der Waals surface area contributed by atoms with Crippen LogP contribution >= 0.6 is 0 Å². The van der Waals surface area contributed by atoms with E-state index in [2.05, 4.69) is 4.90 Å². The molecule has 0 saturated carbocycles. The molecule has 0 spiro atoms. The van der Waals surface area contributed by atoms with Crippen molar-refractivity contribution in [1.82, 2.24) is 4.90 Å². The third kappa shape index (κ3) is 2.28. The summed E-state index contributed by atoms with van der Waals surface area (Å²) in [5.74, 6) is 1.63. The Morgan fingerprint density at radius 3 is 2.64 bits per heavy atom. The van der Waals surface area contributed by atoms with Crippen LogP contribution in [0.4, 0.5) is 0 Å². The van der Waals surface area contributed by atoms with Crippen molar-refractivity contribution in [3.8, 4) is 11.3 Å². The van der Waals surface area contributed by atoms with Crippen molar-refractivity contribution in [3.05, 3.63) is 66.3 Å². The number of nitrogens with zero attached hydrogens (tertiary/aromatic N) is 1. The van der Waals surface area contributed by atoms with E-state index in [0.717, 1.165) is 29.2 Å². The molecule has 5 rings (SSSR count). The molecule has 0 unspecified atom stereocenters. The lowest BCUT2D eigenvalue weighted by molar-refractivity contribution is 0.293. The maximum atomic E-state index is 12.9. The molecule has 0 bridgehead atoms. The Morgan fingerprint density at radius 1 is 1.04 bits per heavy atom. The number of fused-ring (bicyclic) bond motifs is 3. The minimum atomic E-state index is -3.28. The van der Waals surface area contributed by atoms with E-state index >= 15 is 0 Å². The van der Waals surface area contributed by atoms with Gasteiger partial charge in [0, 0.05) is 24.6 Å². The van der Waals surface area contributed by atoms with Gasteiger partial charge in [-0.2, -0.15) is 0 Å². The number of furan rings is 2. The number of rotatable bonds is 3. The molecule has 2 aliphatic rings. The Labute approximate surface area is 145 Å². The number of hydrogen-bond acceptors (Lipinski definition) is 5. The minimum Gasteiger partial charge on any atom is -0.468 e. The third-order valence-corrected chi connectivity index (χ3v) is 7.48. The molecule has 128 valence electrons. The van der Waals surface area contributed by atoms with Gasteiger partial charge in [0.1, 0.15) is 11.5 Å². The van der Waals surface area contributed by atoms with Crippen molar-refractivity contribution in [2.45, 2.75) is 22.6 Å². The van der Waals surface area contributed by atoms with Crippen molar-refractivity contribution >= 4 is 9.84 Å². The van der Waals surface area contributed by atoms with E-state index in [1.165, 1.54) is 0 Å². The maximum Gasteiger partial charge on any atom is 0.183 e. The summed E-state index contributed by atoms with van der Waals surface area (Å²) in [6.45, 7) is 1.90. The van der Waals surface area contributed by atoms with E-state index < -0.39 is 9.84 Å². The van der Waals surface area contributed by atoms with Gasteiger partial charge in [-0.3, -0.25) is 4.90 Å². The smallest absolute Gasteiger partial charge is 0.183 e. The summed E-state index contributed by atoms with van der Waals surface area (Å²) in [6, 6.07) is 13.0. The predicted molar refractivity (Wildman–Crippen MR) is 91.8 cm³/mol. The Morgan fingerprint density at radius 2 is 1.88 bits per heavy atom. The van der Waals surface area contributed by atoms with E-state index in [1.54, 1.807) is 18.6 Å². The van der Waals surface area contributed by atoms with E-state index in [1.807, 2.05) is 36.4 Å². The maximum absolute atomic E-state index is 12.9. The Hall–Kier alpha value is -2.31. The number of benzene rings is 1. The van der Waals surface area contributed by atoms with Gasteiger partial charge < -0.3 is 8.83 Å². The molecular formula is C19H17NO4S. The summed E-state index contributed by atoms with van der Waals surface area (Å²) in [5.41, 5.74) is 1.84. The molecule has 2 aliphatic heterocycles. The summed E-state index contributed by atoms with van der Waals surface area (Å²) in [5, 5.41) is -0.371. The number of likely N-dealkylation sites (tertiary alicyclic amines) is 1. The van der Waals surface area contributed by atoms with Crippen LogP contribution in [0.1, 0.15) is 17.2 Å². The largest absolute Gasteiger partial charge is 0.468 e. The molecule has 0 N–H and O–H groups in total. The van der Waals surface area contributed by atoms with Crippen LogP contribution in [0.15, 0.2) is 68.7 Å². The third-order valence-electron chi connectivity index (χ3n) is 5.22. The van der Waals surface area contributed by atoms with Gasteiger partial charge in [-0.05, 0) is 48.0 Å². The molecular weight excluding hydrogens is 338 g/mol. The van der Waals surface area contributed by atoms with Crippen LogP contribution < -0.4 is 0 Å². The lowest BCUT2D eigenvalue weighted by Crippen LogP contribution is -2.25. The zero-order chi connectivity index (χ0) is 17.0.